The minimum Gasteiger partial charge on any atom is -0.481 e. The molecule has 2 aromatic carbocycles. The Bertz CT molecular complexity index is 1280. The van der Waals surface area contributed by atoms with Gasteiger partial charge in [-0.25, -0.2) is 4.68 Å². The summed E-state index contributed by atoms with van der Waals surface area (Å²) in [5.74, 6) is 0.744. The van der Waals surface area contributed by atoms with E-state index in [0.29, 0.717) is 12.3 Å². The van der Waals surface area contributed by atoms with E-state index < -0.39 is 6.10 Å². The van der Waals surface area contributed by atoms with Crippen LogP contribution in [0, 0.1) is 13.8 Å². The smallest absolute Gasteiger partial charge is 0.263 e. The van der Waals surface area contributed by atoms with Gasteiger partial charge in [-0.3, -0.25) is 4.79 Å². The molecule has 4 aromatic rings. The summed E-state index contributed by atoms with van der Waals surface area (Å²) in [6.45, 7) is 8.93. The number of fused-ring (bicyclic) bond motifs is 1. The van der Waals surface area contributed by atoms with Gasteiger partial charge in [0.25, 0.3) is 5.91 Å². The van der Waals surface area contributed by atoms with E-state index in [-0.39, 0.29) is 5.91 Å². The number of nitrogens with zero attached hydrogens (tertiary/aromatic N) is 5. The van der Waals surface area contributed by atoms with Crippen LogP contribution in [0.2, 0.25) is 0 Å². The maximum atomic E-state index is 13.0. The average Bonchev–Trinajstić information content (AvgIpc) is 3.30. The van der Waals surface area contributed by atoms with E-state index in [1.807, 2.05) is 53.8 Å². The summed E-state index contributed by atoms with van der Waals surface area (Å²) in [5.41, 5.74) is 4.11. The zero-order valence-electron chi connectivity index (χ0n) is 19.8. The van der Waals surface area contributed by atoms with Gasteiger partial charge in [0.2, 0.25) is 0 Å². The summed E-state index contributed by atoms with van der Waals surface area (Å²) in [6, 6.07) is 17.8. The molecule has 5 rings (SSSR count). The van der Waals surface area contributed by atoms with Crippen molar-refractivity contribution < 1.29 is 9.53 Å². The van der Waals surface area contributed by atoms with Gasteiger partial charge in [-0.15, -0.1) is 0 Å². The predicted octanol–water partition coefficient (Wildman–Crippen LogP) is 4.61. The SMILES string of the molecule is Cc1ccc(-n2nc(C)c3sc(N4CCCN(C(=O)[C@H](C)Oc5ccccc5)CC4)nc32)cc1. The Hall–Kier alpha value is -3.39. The van der Waals surface area contributed by atoms with Crippen LogP contribution in [-0.4, -0.2) is 57.9 Å². The number of para-hydroxylation sites is 1. The van der Waals surface area contributed by atoms with E-state index in [2.05, 4.69) is 36.1 Å². The van der Waals surface area contributed by atoms with Crippen LogP contribution in [-0.2, 0) is 4.79 Å². The van der Waals surface area contributed by atoms with E-state index in [0.717, 1.165) is 52.9 Å². The van der Waals surface area contributed by atoms with Gasteiger partial charge in [-0.2, -0.15) is 10.1 Å². The molecule has 1 amide bonds. The molecule has 0 spiro atoms. The fraction of sp³-hybridized carbons (Fsp3) is 0.346. The fourth-order valence-electron chi connectivity index (χ4n) is 4.26. The molecular weight excluding hydrogens is 446 g/mol. The molecule has 0 unspecified atom stereocenters. The highest BCUT2D eigenvalue weighted by molar-refractivity contribution is 7.22. The highest BCUT2D eigenvalue weighted by atomic mass is 32.1. The Morgan fingerprint density at radius 2 is 1.76 bits per heavy atom. The fourth-order valence-corrected chi connectivity index (χ4v) is 5.30. The van der Waals surface area contributed by atoms with Crippen molar-refractivity contribution in [3.63, 3.8) is 0 Å². The Kier molecular flexibility index (Phi) is 6.24. The number of hydrogen-bond acceptors (Lipinski definition) is 6. The van der Waals surface area contributed by atoms with Gasteiger partial charge in [0.1, 0.15) is 5.75 Å². The molecule has 0 bridgehead atoms. The van der Waals surface area contributed by atoms with Gasteiger partial charge in [0.15, 0.2) is 16.9 Å². The van der Waals surface area contributed by atoms with Crippen molar-refractivity contribution >= 4 is 32.7 Å². The number of anilines is 1. The monoisotopic (exact) mass is 475 g/mol. The van der Waals surface area contributed by atoms with E-state index in [1.165, 1.54) is 5.56 Å². The van der Waals surface area contributed by atoms with E-state index in [9.17, 15) is 4.79 Å². The van der Waals surface area contributed by atoms with E-state index in [1.54, 1.807) is 11.3 Å². The summed E-state index contributed by atoms with van der Waals surface area (Å²) >= 11 is 1.68. The van der Waals surface area contributed by atoms with E-state index >= 15 is 0 Å². The summed E-state index contributed by atoms with van der Waals surface area (Å²) < 4.78 is 8.90. The zero-order chi connectivity index (χ0) is 23.7. The summed E-state index contributed by atoms with van der Waals surface area (Å²) in [5, 5.41) is 5.71. The standard InChI is InChI=1S/C26H29N5O2S/c1-18-10-12-21(13-11-18)31-24-23(19(2)28-31)34-26(27-24)30-15-7-14-29(16-17-30)25(32)20(3)33-22-8-5-4-6-9-22/h4-6,8-13,20H,7,14-17H2,1-3H3/t20-/m0/s1. The second kappa shape index (κ2) is 9.46. The number of aromatic nitrogens is 3. The molecule has 0 radical (unpaired) electrons. The topological polar surface area (TPSA) is 63.5 Å². The lowest BCUT2D eigenvalue weighted by molar-refractivity contribution is -0.137. The van der Waals surface area contributed by atoms with Crippen LogP contribution in [0.1, 0.15) is 24.6 Å². The molecule has 0 saturated carbocycles. The van der Waals surface area contributed by atoms with Crippen molar-refractivity contribution in [2.75, 3.05) is 31.1 Å². The van der Waals surface area contributed by atoms with Crippen molar-refractivity contribution in [1.29, 1.82) is 0 Å². The van der Waals surface area contributed by atoms with Crippen molar-refractivity contribution in [2.45, 2.75) is 33.3 Å². The first-order chi connectivity index (χ1) is 16.5. The summed E-state index contributed by atoms with van der Waals surface area (Å²) in [7, 11) is 0. The van der Waals surface area contributed by atoms with Crippen LogP contribution >= 0.6 is 11.3 Å². The third-order valence-electron chi connectivity index (χ3n) is 6.14. The average molecular weight is 476 g/mol. The molecule has 34 heavy (non-hydrogen) atoms. The molecule has 3 heterocycles. The molecule has 176 valence electrons. The number of ether oxygens (including phenoxy) is 1. The number of benzene rings is 2. The van der Waals surface area contributed by atoms with Gasteiger partial charge >= 0.3 is 0 Å². The lowest BCUT2D eigenvalue weighted by atomic mass is 10.2. The number of aryl methyl sites for hydroxylation is 2. The van der Waals surface area contributed by atoms with Crippen LogP contribution in [0.3, 0.4) is 0 Å². The second-order valence-electron chi connectivity index (χ2n) is 8.72. The van der Waals surface area contributed by atoms with Crippen LogP contribution in [0.4, 0.5) is 5.13 Å². The number of rotatable bonds is 5. The first-order valence-corrected chi connectivity index (χ1v) is 12.5. The number of hydrogen-bond donors (Lipinski definition) is 0. The van der Waals surface area contributed by atoms with Gasteiger partial charge in [-0.05, 0) is 51.5 Å². The third kappa shape index (κ3) is 4.50. The number of carbonyl (C=O) groups is 1. The molecule has 7 nitrogen and oxygen atoms in total. The molecule has 0 N–H and O–H groups in total. The van der Waals surface area contributed by atoms with Crippen LogP contribution < -0.4 is 9.64 Å². The maximum absolute atomic E-state index is 13.0. The summed E-state index contributed by atoms with van der Waals surface area (Å²) in [6.07, 6.45) is 0.377. The molecule has 1 saturated heterocycles. The van der Waals surface area contributed by atoms with Gasteiger partial charge in [-0.1, -0.05) is 47.2 Å². The van der Waals surface area contributed by atoms with Crippen molar-refractivity contribution in [1.82, 2.24) is 19.7 Å². The van der Waals surface area contributed by atoms with Gasteiger partial charge in [0, 0.05) is 26.2 Å². The van der Waals surface area contributed by atoms with Crippen LogP contribution in [0.15, 0.2) is 54.6 Å². The van der Waals surface area contributed by atoms with Crippen molar-refractivity contribution in [3.05, 3.63) is 65.9 Å². The lowest BCUT2D eigenvalue weighted by Crippen LogP contribution is -2.42. The molecule has 8 heteroatoms. The molecule has 1 fully saturated rings. The van der Waals surface area contributed by atoms with Crippen molar-refractivity contribution in [2.24, 2.45) is 0 Å². The predicted molar refractivity (Wildman–Crippen MR) is 136 cm³/mol. The molecular formula is C26H29N5O2S. The number of thiazole rings is 1. The maximum Gasteiger partial charge on any atom is 0.263 e. The highest BCUT2D eigenvalue weighted by Crippen LogP contribution is 2.33. The quantitative estimate of drug-likeness (QED) is 0.422. The van der Waals surface area contributed by atoms with E-state index in [4.69, 9.17) is 14.8 Å². The minimum atomic E-state index is -0.514. The normalized spacial score (nSPS) is 15.4. The second-order valence-corrected chi connectivity index (χ2v) is 9.70. The molecule has 1 aliphatic heterocycles. The third-order valence-corrected chi connectivity index (χ3v) is 7.35. The number of carbonyl (C=O) groups excluding carboxylic acids is 1. The molecule has 1 aliphatic rings. The Morgan fingerprint density at radius 1 is 1.00 bits per heavy atom. The van der Waals surface area contributed by atoms with Crippen LogP contribution in [0.5, 0.6) is 5.75 Å². The minimum absolute atomic E-state index is 0.0286. The van der Waals surface area contributed by atoms with Gasteiger partial charge < -0.3 is 14.5 Å². The molecule has 2 aromatic heterocycles. The van der Waals surface area contributed by atoms with Crippen LogP contribution in [0.25, 0.3) is 16.0 Å². The Balaban J connectivity index is 1.30. The first-order valence-electron chi connectivity index (χ1n) is 11.7. The summed E-state index contributed by atoms with van der Waals surface area (Å²) in [4.78, 5) is 22.2. The molecule has 1 atom stereocenters. The zero-order valence-corrected chi connectivity index (χ0v) is 20.6. The number of amides is 1. The highest BCUT2D eigenvalue weighted by Gasteiger charge is 2.26. The Labute approximate surface area is 203 Å². The largest absolute Gasteiger partial charge is 0.481 e. The Morgan fingerprint density at radius 3 is 2.53 bits per heavy atom. The van der Waals surface area contributed by atoms with Crippen molar-refractivity contribution in [3.8, 4) is 11.4 Å². The first kappa shape index (κ1) is 22.4. The lowest BCUT2D eigenvalue weighted by Gasteiger charge is -2.25. The van der Waals surface area contributed by atoms with Gasteiger partial charge in [0.05, 0.1) is 16.1 Å². The molecule has 0 aliphatic carbocycles.